The predicted molar refractivity (Wildman–Crippen MR) is 97.5 cm³/mol. The molecular weight excluding hydrogens is 348 g/mol. The minimum atomic E-state index is -1.27. The molecule has 2 aromatic rings. The Balaban J connectivity index is 2.17. The van der Waals surface area contributed by atoms with Gasteiger partial charge in [-0.05, 0) is 35.9 Å². The summed E-state index contributed by atoms with van der Waals surface area (Å²) in [6, 6.07) is 15.4. The Hall–Kier alpha value is -3.61. The summed E-state index contributed by atoms with van der Waals surface area (Å²) in [4.78, 5) is 35.3. The van der Waals surface area contributed by atoms with Crippen LogP contribution in [0.3, 0.4) is 0 Å². The van der Waals surface area contributed by atoms with Gasteiger partial charge in [-0.2, -0.15) is 0 Å². The van der Waals surface area contributed by atoms with E-state index in [0.29, 0.717) is 16.9 Å². The lowest BCUT2D eigenvalue weighted by molar-refractivity contribution is -0.305. The molecule has 0 fully saturated rings. The second-order valence-electron chi connectivity index (χ2n) is 5.53. The lowest BCUT2D eigenvalue weighted by Gasteiger charge is -2.12. The van der Waals surface area contributed by atoms with Gasteiger partial charge in [0.1, 0.15) is 11.4 Å². The van der Waals surface area contributed by atoms with Crippen LogP contribution in [0.15, 0.2) is 60.3 Å². The minimum absolute atomic E-state index is 0.000339. The summed E-state index contributed by atoms with van der Waals surface area (Å²) < 4.78 is 5.05. The van der Waals surface area contributed by atoms with Crippen LogP contribution < -0.4 is 20.5 Å². The third kappa shape index (κ3) is 6.32. The van der Waals surface area contributed by atoms with Crippen LogP contribution in [0.2, 0.25) is 0 Å². The fraction of sp³-hybridized carbons (Fsp3) is 0.150. The molecule has 2 aromatic carbocycles. The highest BCUT2D eigenvalue weighted by atomic mass is 16.5. The Morgan fingerprint density at radius 2 is 1.70 bits per heavy atom. The van der Waals surface area contributed by atoms with Crippen LogP contribution in [0.1, 0.15) is 22.3 Å². The summed E-state index contributed by atoms with van der Waals surface area (Å²) in [7, 11) is 1.52. The molecule has 0 aliphatic rings. The molecule has 7 heteroatoms. The van der Waals surface area contributed by atoms with E-state index >= 15 is 0 Å². The molecule has 0 bridgehead atoms. The zero-order valence-corrected chi connectivity index (χ0v) is 14.7. The number of carbonyl (C=O) groups is 3. The number of methoxy groups -OCH3 is 1. The Bertz CT molecular complexity index is 829. The maximum Gasteiger partial charge on any atom is 0.267 e. The molecular formula is C20H19N2O5-. The van der Waals surface area contributed by atoms with Gasteiger partial charge in [0.2, 0.25) is 0 Å². The molecule has 2 amide bonds. The van der Waals surface area contributed by atoms with Gasteiger partial charge < -0.3 is 25.3 Å². The van der Waals surface area contributed by atoms with Crippen LogP contribution in [0.25, 0.3) is 6.08 Å². The number of benzene rings is 2. The van der Waals surface area contributed by atoms with E-state index in [1.165, 1.54) is 13.2 Å². The fourth-order valence-corrected chi connectivity index (χ4v) is 2.18. The third-order valence-electron chi connectivity index (χ3n) is 3.57. The number of nitrogens with one attached hydrogen (secondary N) is 2. The molecule has 0 radical (unpaired) electrons. The topological polar surface area (TPSA) is 108 Å². The SMILES string of the molecule is COc1ccc(C(=O)N/C(=C/c2ccccc2)C(=O)NCCC(=O)[O-])cc1. The number of ether oxygens (including phenoxy) is 1. The van der Waals surface area contributed by atoms with Crippen molar-refractivity contribution in [3.05, 3.63) is 71.4 Å². The van der Waals surface area contributed by atoms with Crippen LogP contribution in [-0.4, -0.2) is 31.4 Å². The number of amides is 2. The van der Waals surface area contributed by atoms with Gasteiger partial charge >= 0.3 is 0 Å². The van der Waals surface area contributed by atoms with Gasteiger partial charge in [0.25, 0.3) is 11.8 Å². The van der Waals surface area contributed by atoms with Gasteiger partial charge in [-0.1, -0.05) is 30.3 Å². The van der Waals surface area contributed by atoms with E-state index in [1.54, 1.807) is 48.5 Å². The van der Waals surface area contributed by atoms with E-state index in [2.05, 4.69) is 10.6 Å². The molecule has 0 aromatic heterocycles. The average molecular weight is 367 g/mol. The second kappa shape index (κ2) is 9.76. The molecule has 0 unspecified atom stereocenters. The van der Waals surface area contributed by atoms with Crippen LogP contribution >= 0.6 is 0 Å². The van der Waals surface area contributed by atoms with Gasteiger partial charge in [0.15, 0.2) is 0 Å². The Labute approximate surface area is 156 Å². The zero-order chi connectivity index (χ0) is 19.6. The van der Waals surface area contributed by atoms with E-state index in [0.717, 1.165) is 0 Å². The number of carboxylic acid groups (broad SMARTS) is 1. The normalized spacial score (nSPS) is 10.8. The smallest absolute Gasteiger partial charge is 0.267 e. The monoisotopic (exact) mass is 367 g/mol. The second-order valence-corrected chi connectivity index (χ2v) is 5.53. The van der Waals surface area contributed by atoms with Crippen molar-refractivity contribution in [1.29, 1.82) is 0 Å². The van der Waals surface area contributed by atoms with Crippen molar-refractivity contribution in [2.24, 2.45) is 0 Å². The Morgan fingerprint density at radius 1 is 1.04 bits per heavy atom. The summed E-state index contributed by atoms with van der Waals surface area (Å²) >= 11 is 0. The van der Waals surface area contributed by atoms with Crippen molar-refractivity contribution < 1.29 is 24.2 Å². The van der Waals surface area contributed by atoms with Gasteiger partial charge in [-0.15, -0.1) is 0 Å². The van der Waals surface area contributed by atoms with Gasteiger partial charge in [-0.25, -0.2) is 0 Å². The van der Waals surface area contributed by atoms with E-state index in [9.17, 15) is 19.5 Å². The van der Waals surface area contributed by atoms with Crippen molar-refractivity contribution in [2.45, 2.75) is 6.42 Å². The standard InChI is InChI=1S/C20H20N2O5/c1-27-16-9-7-15(8-10-16)19(25)22-17(13-14-5-3-2-4-6-14)20(26)21-12-11-18(23)24/h2-10,13H,11-12H2,1H3,(H,21,26)(H,22,25)(H,23,24)/p-1/b17-13+. The van der Waals surface area contributed by atoms with Crippen LogP contribution in [0, 0.1) is 0 Å². The summed E-state index contributed by atoms with van der Waals surface area (Å²) in [6.45, 7) is -0.105. The van der Waals surface area contributed by atoms with E-state index in [1.807, 2.05) is 6.07 Å². The van der Waals surface area contributed by atoms with Crippen molar-refractivity contribution in [1.82, 2.24) is 10.6 Å². The Kier molecular flexibility index (Phi) is 7.13. The molecule has 0 aliphatic heterocycles. The van der Waals surface area contributed by atoms with Crippen molar-refractivity contribution in [3.63, 3.8) is 0 Å². The van der Waals surface area contributed by atoms with Crippen LogP contribution in [0.4, 0.5) is 0 Å². The molecule has 140 valence electrons. The average Bonchev–Trinajstić information content (AvgIpc) is 2.68. The van der Waals surface area contributed by atoms with Crippen LogP contribution in [-0.2, 0) is 9.59 Å². The molecule has 0 aliphatic carbocycles. The highest BCUT2D eigenvalue weighted by Crippen LogP contribution is 2.12. The Morgan fingerprint density at radius 3 is 2.30 bits per heavy atom. The van der Waals surface area contributed by atoms with Crippen molar-refractivity contribution >= 4 is 23.9 Å². The molecule has 2 rings (SSSR count). The molecule has 2 N–H and O–H groups in total. The highest BCUT2D eigenvalue weighted by Gasteiger charge is 2.14. The zero-order valence-electron chi connectivity index (χ0n) is 14.7. The van der Waals surface area contributed by atoms with Crippen molar-refractivity contribution in [3.8, 4) is 5.75 Å². The van der Waals surface area contributed by atoms with E-state index in [4.69, 9.17) is 4.74 Å². The minimum Gasteiger partial charge on any atom is -0.550 e. The van der Waals surface area contributed by atoms with E-state index < -0.39 is 17.8 Å². The van der Waals surface area contributed by atoms with Gasteiger partial charge in [0, 0.05) is 24.5 Å². The lowest BCUT2D eigenvalue weighted by Crippen LogP contribution is -2.37. The van der Waals surface area contributed by atoms with Crippen LogP contribution in [0.5, 0.6) is 5.75 Å². The summed E-state index contributed by atoms with van der Waals surface area (Å²) in [5, 5.41) is 15.5. The fourth-order valence-electron chi connectivity index (χ4n) is 2.18. The molecule has 0 saturated heterocycles. The molecule has 0 atom stereocenters. The molecule has 0 spiro atoms. The highest BCUT2D eigenvalue weighted by molar-refractivity contribution is 6.05. The number of rotatable bonds is 8. The lowest BCUT2D eigenvalue weighted by atomic mass is 10.1. The van der Waals surface area contributed by atoms with Crippen molar-refractivity contribution in [2.75, 3.05) is 13.7 Å². The predicted octanol–water partition coefficient (Wildman–Crippen LogP) is 0.722. The first-order valence-electron chi connectivity index (χ1n) is 8.20. The number of hydrogen-bond donors (Lipinski definition) is 2. The number of carbonyl (C=O) groups excluding carboxylic acids is 3. The number of aliphatic carboxylic acids is 1. The molecule has 0 heterocycles. The molecule has 27 heavy (non-hydrogen) atoms. The molecule has 0 saturated carbocycles. The molecule has 7 nitrogen and oxygen atoms in total. The quantitative estimate of drug-likeness (QED) is 0.669. The number of carboxylic acids is 1. The first kappa shape index (κ1) is 19.7. The number of hydrogen-bond acceptors (Lipinski definition) is 5. The maximum atomic E-state index is 12.5. The van der Waals surface area contributed by atoms with Gasteiger partial charge in [-0.3, -0.25) is 9.59 Å². The first-order chi connectivity index (χ1) is 13.0. The first-order valence-corrected chi connectivity index (χ1v) is 8.20. The maximum absolute atomic E-state index is 12.5. The third-order valence-corrected chi connectivity index (χ3v) is 3.57. The van der Waals surface area contributed by atoms with Gasteiger partial charge in [0.05, 0.1) is 7.11 Å². The summed E-state index contributed by atoms with van der Waals surface area (Å²) in [6.07, 6.45) is 1.19. The van der Waals surface area contributed by atoms with E-state index in [-0.39, 0.29) is 18.7 Å². The summed E-state index contributed by atoms with van der Waals surface area (Å²) in [5.74, 6) is -1.74. The summed E-state index contributed by atoms with van der Waals surface area (Å²) in [5.41, 5.74) is 1.05. The largest absolute Gasteiger partial charge is 0.550 e.